The molecule has 2 heterocycles. The van der Waals surface area contributed by atoms with Gasteiger partial charge in [0.1, 0.15) is 0 Å². The molecule has 10 aliphatic rings. The molecule has 1 nitrogen and oxygen atoms in total. The van der Waals surface area contributed by atoms with E-state index in [2.05, 4.69) is 0 Å². The second-order valence-corrected chi connectivity index (χ2v) is 9.04. The van der Waals surface area contributed by atoms with Crippen LogP contribution in [0.15, 0.2) is 0 Å². The average molecular weight is 242 g/mol. The standard InChI is InChI=1S/C17H22O/c1-7-2-11-9-4-13-12-3-8-6-17(5-7,14(12)10(1)9)15(11)16(13)18-8/h7-16H,1-6H2/t7-,8?,9?,10+,11-,12?,13?,14?,15?,16?,17-/m0/s1. The molecule has 10 fully saturated rings. The first-order valence-electron chi connectivity index (χ1n) is 8.51. The monoisotopic (exact) mass is 242 g/mol. The van der Waals surface area contributed by atoms with Crippen LogP contribution in [-0.4, -0.2) is 12.2 Å². The van der Waals surface area contributed by atoms with Crippen molar-refractivity contribution in [3.8, 4) is 0 Å². The van der Waals surface area contributed by atoms with E-state index >= 15 is 0 Å². The van der Waals surface area contributed by atoms with Gasteiger partial charge in [-0.05, 0) is 91.3 Å². The molecule has 11 bridgehead atoms. The van der Waals surface area contributed by atoms with Crippen LogP contribution in [-0.2, 0) is 4.74 Å². The molecular weight excluding hydrogens is 220 g/mol. The van der Waals surface area contributed by atoms with Gasteiger partial charge in [-0.1, -0.05) is 0 Å². The molecule has 2 aliphatic heterocycles. The molecular formula is C17H22O. The molecule has 0 aromatic rings. The largest absolute Gasteiger partial charge is 0.374 e. The second-order valence-electron chi connectivity index (χ2n) is 9.04. The summed E-state index contributed by atoms with van der Waals surface area (Å²) in [6.07, 6.45) is 10.8. The Morgan fingerprint density at radius 2 is 1.56 bits per heavy atom. The summed E-state index contributed by atoms with van der Waals surface area (Å²) >= 11 is 0. The lowest BCUT2D eigenvalue weighted by molar-refractivity contribution is -0.390. The van der Waals surface area contributed by atoms with Crippen LogP contribution in [0.4, 0.5) is 0 Å². The van der Waals surface area contributed by atoms with Crippen molar-refractivity contribution in [1.29, 1.82) is 0 Å². The van der Waals surface area contributed by atoms with Gasteiger partial charge in [-0.2, -0.15) is 0 Å². The maximum Gasteiger partial charge on any atom is 0.0646 e. The smallest absolute Gasteiger partial charge is 0.0646 e. The van der Waals surface area contributed by atoms with Crippen LogP contribution in [0.2, 0.25) is 0 Å². The van der Waals surface area contributed by atoms with Gasteiger partial charge in [-0.3, -0.25) is 0 Å². The van der Waals surface area contributed by atoms with Gasteiger partial charge >= 0.3 is 0 Å². The van der Waals surface area contributed by atoms with E-state index in [4.69, 9.17) is 4.74 Å². The molecule has 11 atom stereocenters. The van der Waals surface area contributed by atoms with Crippen LogP contribution < -0.4 is 0 Å². The summed E-state index contributed by atoms with van der Waals surface area (Å²) in [4.78, 5) is 0. The average Bonchev–Trinajstić information content (AvgIpc) is 2.36. The molecule has 8 saturated carbocycles. The quantitative estimate of drug-likeness (QED) is 0.634. The molecule has 1 spiro atoms. The summed E-state index contributed by atoms with van der Waals surface area (Å²) < 4.78 is 6.54. The molecule has 7 unspecified atom stereocenters. The third-order valence-corrected chi connectivity index (χ3v) is 9.05. The molecule has 1 heteroatoms. The maximum atomic E-state index is 6.54. The molecule has 0 aromatic carbocycles. The summed E-state index contributed by atoms with van der Waals surface area (Å²) in [5, 5.41) is 0. The second kappa shape index (κ2) is 2.34. The Morgan fingerprint density at radius 1 is 0.722 bits per heavy atom. The van der Waals surface area contributed by atoms with Crippen LogP contribution >= 0.6 is 0 Å². The van der Waals surface area contributed by atoms with Crippen LogP contribution in [0, 0.1) is 52.8 Å². The fourth-order valence-electron chi connectivity index (χ4n) is 9.47. The van der Waals surface area contributed by atoms with Crippen molar-refractivity contribution < 1.29 is 4.74 Å². The molecule has 18 heavy (non-hydrogen) atoms. The zero-order valence-electron chi connectivity index (χ0n) is 10.9. The van der Waals surface area contributed by atoms with Gasteiger partial charge < -0.3 is 4.74 Å². The van der Waals surface area contributed by atoms with Crippen LogP contribution in [0.1, 0.15) is 38.5 Å². The molecule has 0 amide bonds. The third kappa shape index (κ3) is 0.653. The summed E-state index contributed by atoms with van der Waals surface area (Å²) in [5.41, 5.74) is 0.820. The Morgan fingerprint density at radius 3 is 2.50 bits per heavy atom. The normalized spacial score (nSPS) is 80.0. The van der Waals surface area contributed by atoms with Gasteiger partial charge in [0.25, 0.3) is 0 Å². The Bertz CT molecular complexity index is 400. The third-order valence-electron chi connectivity index (χ3n) is 9.05. The first kappa shape index (κ1) is 9.00. The lowest BCUT2D eigenvalue weighted by atomic mass is 9.25. The van der Waals surface area contributed by atoms with Crippen LogP contribution in [0.5, 0.6) is 0 Å². The van der Waals surface area contributed by atoms with E-state index in [1.54, 1.807) is 25.7 Å². The minimum atomic E-state index is 0.691. The fourth-order valence-corrected chi connectivity index (χ4v) is 9.47. The molecule has 10 rings (SSSR count). The van der Waals surface area contributed by atoms with Gasteiger partial charge in [0, 0.05) is 0 Å². The lowest BCUT2D eigenvalue weighted by Crippen LogP contribution is -2.79. The van der Waals surface area contributed by atoms with Crippen molar-refractivity contribution in [3.05, 3.63) is 0 Å². The minimum Gasteiger partial charge on any atom is -0.374 e. The predicted molar refractivity (Wildman–Crippen MR) is 66.7 cm³/mol. The number of hydrogen-bond donors (Lipinski definition) is 0. The molecule has 2 saturated heterocycles. The van der Waals surface area contributed by atoms with Crippen molar-refractivity contribution in [2.24, 2.45) is 52.8 Å². The predicted octanol–water partition coefficient (Wildman–Crippen LogP) is 3.09. The molecule has 96 valence electrons. The summed E-state index contributed by atoms with van der Waals surface area (Å²) in [6.45, 7) is 0. The minimum absolute atomic E-state index is 0.691. The molecule has 0 aromatic heterocycles. The Kier molecular flexibility index (Phi) is 1.17. The van der Waals surface area contributed by atoms with E-state index in [9.17, 15) is 0 Å². The van der Waals surface area contributed by atoms with E-state index in [1.165, 1.54) is 24.7 Å². The van der Waals surface area contributed by atoms with E-state index in [0.29, 0.717) is 6.10 Å². The highest BCUT2D eigenvalue weighted by Crippen LogP contribution is 2.82. The van der Waals surface area contributed by atoms with E-state index in [-0.39, 0.29) is 0 Å². The van der Waals surface area contributed by atoms with Crippen molar-refractivity contribution in [2.45, 2.75) is 50.7 Å². The van der Waals surface area contributed by atoms with Gasteiger partial charge in [0.05, 0.1) is 12.2 Å². The van der Waals surface area contributed by atoms with E-state index in [0.717, 1.165) is 47.0 Å². The van der Waals surface area contributed by atoms with Crippen molar-refractivity contribution in [1.82, 2.24) is 0 Å². The zero-order valence-corrected chi connectivity index (χ0v) is 10.9. The van der Waals surface area contributed by atoms with Gasteiger partial charge in [0.15, 0.2) is 0 Å². The topological polar surface area (TPSA) is 9.23 Å². The molecule has 0 radical (unpaired) electrons. The first-order valence-corrected chi connectivity index (χ1v) is 8.51. The van der Waals surface area contributed by atoms with Gasteiger partial charge in [0.2, 0.25) is 0 Å². The summed E-state index contributed by atoms with van der Waals surface area (Å²) in [6, 6.07) is 0. The van der Waals surface area contributed by atoms with Crippen LogP contribution in [0.3, 0.4) is 0 Å². The lowest BCUT2D eigenvalue weighted by Gasteiger charge is -2.82. The SMILES string of the molecule is C1C2C[C@@]34C[C@H]5C[C@@H]6C7CC(C1C63)C(O2)C4[C@H]7C5. The van der Waals surface area contributed by atoms with E-state index < -0.39 is 0 Å². The Balaban J connectivity index is 1.56. The summed E-state index contributed by atoms with van der Waals surface area (Å²) in [5.74, 6) is 8.91. The zero-order chi connectivity index (χ0) is 11.2. The van der Waals surface area contributed by atoms with Crippen LogP contribution in [0.25, 0.3) is 0 Å². The molecule has 8 aliphatic carbocycles. The van der Waals surface area contributed by atoms with Crippen molar-refractivity contribution in [3.63, 3.8) is 0 Å². The highest BCUT2D eigenvalue weighted by Gasteiger charge is 2.78. The molecule has 0 N–H and O–H groups in total. The fraction of sp³-hybridized carbons (Fsp3) is 1.00. The Labute approximate surface area is 109 Å². The highest BCUT2D eigenvalue weighted by molar-refractivity contribution is 5.26. The van der Waals surface area contributed by atoms with E-state index in [1.807, 2.05) is 0 Å². The Hall–Kier alpha value is -0.0400. The van der Waals surface area contributed by atoms with Gasteiger partial charge in [-0.25, -0.2) is 0 Å². The first-order chi connectivity index (χ1) is 8.85. The number of rotatable bonds is 0. The number of hydrogen-bond acceptors (Lipinski definition) is 1. The highest BCUT2D eigenvalue weighted by atomic mass is 16.5. The van der Waals surface area contributed by atoms with Gasteiger partial charge in [-0.15, -0.1) is 0 Å². The van der Waals surface area contributed by atoms with Crippen molar-refractivity contribution in [2.75, 3.05) is 0 Å². The summed E-state index contributed by atoms with van der Waals surface area (Å²) in [7, 11) is 0. The number of ether oxygens (including phenoxy) is 1. The maximum absolute atomic E-state index is 6.54. The van der Waals surface area contributed by atoms with Crippen molar-refractivity contribution >= 4 is 0 Å².